The number of rotatable bonds is 7. The molecule has 0 fully saturated rings. The van der Waals surface area contributed by atoms with Gasteiger partial charge >= 0.3 is 5.97 Å². The predicted octanol–water partition coefficient (Wildman–Crippen LogP) is 4.04. The number of carbonyl (C=O) groups excluding carboxylic acids is 1. The van der Waals surface area contributed by atoms with Crippen LogP contribution in [-0.4, -0.2) is 29.7 Å². The lowest BCUT2D eigenvalue weighted by atomic mass is 10.1. The van der Waals surface area contributed by atoms with Crippen molar-refractivity contribution in [2.75, 3.05) is 30.1 Å². The van der Waals surface area contributed by atoms with Crippen LogP contribution >= 0.6 is 0 Å². The van der Waals surface area contributed by atoms with Gasteiger partial charge in [-0.15, -0.1) is 0 Å². The van der Waals surface area contributed by atoms with Crippen molar-refractivity contribution in [3.8, 4) is 5.75 Å². The molecule has 8 heteroatoms. The second kappa shape index (κ2) is 8.92. The van der Waals surface area contributed by atoms with Crippen molar-refractivity contribution in [1.82, 2.24) is 9.97 Å². The van der Waals surface area contributed by atoms with E-state index in [9.17, 15) is 4.79 Å². The Labute approximate surface area is 169 Å². The number of methoxy groups -OCH3 is 1. The lowest BCUT2D eigenvalue weighted by Gasteiger charge is -2.16. The van der Waals surface area contributed by atoms with Gasteiger partial charge in [0.2, 0.25) is 0 Å². The van der Waals surface area contributed by atoms with Crippen LogP contribution in [0.25, 0.3) is 0 Å². The minimum Gasteiger partial charge on any atom is -0.495 e. The number of benzene rings is 2. The first-order chi connectivity index (χ1) is 14.0. The Hall–Kier alpha value is -3.81. The molecular weight excluding hydrogens is 370 g/mol. The van der Waals surface area contributed by atoms with Crippen molar-refractivity contribution in [3.63, 3.8) is 0 Å². The number of nitrogens with two attached hydrogens (primary N) is 1. The number of aryl methyl sites for hydroxylation is 1. The molecule has 0 unspecified atom stereocenters. The Bertz CT molecular complexity index is 1020. The molecule has 3 aromatic rings. The van der Waals surface area contributed by atoms with E-state index in [0.29, 0.717) is 34.3 Å². The fourth-order valence-electron chi connectivity index (χ4n) is 2.75. The van der Waals surface area contributed by atoms with Crippen molar-refractivity contribution in [2.24, 2.45) is 0 Å². The lowest BCUT2D eigenvalue weighted by Crippen LogP contribution is -2.10. The quantitative estimate of drug-likeness (QED) is 0.516. The van der Waals surface area contributed by atoms with Crippen molar-refractivity contribution in [3.05, 3.63) is 59.9 Å². The largest absolute Gasteiger partial charge is 0.495 e. The van der Waals surface area contributed by atoms with Crippen LogP contribution in [0.2, 0.25) is 0 Å². The average Bonchev–Trinajstić information content (AvgIpc) is 2.72. The number of nitrogens with zero attached hydrogens (tertiary/aromatic N) is 2. The number of aromatic nitrogens is 2. The number of hydrogen-bond acceptors (Lipinski definition) is 8. The van der Waals surface area contributed by atoms with E-state index in [0.717, 1.165) is 11.3 Å². The fourth-order valence-corrected chi connectivity index (χ4v) is 2.75. The van der Waals surface area contributed by atoms with Gasteiger partial charge in [0.05, 0.1) is 30.7 Å². The van der Waals surface area contributed by atoms with Crippen molar-refractivity contribution >= 4 is 34.7 Å². The number of hydrogen-bond donors (Lipinski definition) is 3. The normalized spacial score (nSPS) is 10.3. The zero-order valence-electron chi connectivity index (χ0n) is 16.5. The minimum atomic E-state index is -0.425. The molecule has 0 aliphatic carbocycles. The van der Waals surface area contributed by atoms with Gasteiger partial charge in [0.15, 0.2) is 11.6 Å². The predicted molar refractivity (Wildman–Crippen MR) is 113 cm³/mol. The van der Waals surface area contributed by atoms with Crippen LogP contribution in [0, 0.1) is 6.92 Å². The van der Waals surface area contributed by atoms with Crippen LogP contribution in [0.1, 0.15) is 22.8 Å². The molecule has 0 radical (unpaired) electrons. The summed E-state index contributed by atoms with van der Waals surface area (Å²) in [5, 5.41) is 6.28. The summed E-state index contributed by atoms with van der Waals surface area (Å²) in [6.45, 7) is 4.02. The Balaban J connectivity index is 1.91. The molecule has 1 heterocycles. The molecule has 1 aromatic heterocycles. The molecule has 4 N–H and O–H groups in total. The maximum atomic E-state index is 12.2. The summed E-state index contributed by atoms with van der Waals surface area (Å²) >= 11 is 0. The van der Waals surface area contributed by atoms with Crippen LogP contribution in [0.5, 0.6) is 5.75 Å². The SMILES string of the molecule is CCOC(=O)c1ccccc1Nc1ncnc(Nc2cc(C)ccc2OC)c1N. The van der Waals surface area contributed by atoms with Gasteiger partial charge in [-0.2, -0.15) is 0 Å². The molecule has 3 rings (SSSR count). The molecule has 29 heavy (non-hydrogen) atoms. The second-order valence-corrected chi connectivity index (χ2v) is 6.20. The van der Waals surface area contributed by atoms with Gasteiger partial charge in [-0.3, -0.25) is 0 Å². The van der Waals surface area contributed by atoms with Gasteiger partial charge in [-0.05, 0) is 43.7 Å². The van der Waals surface area contributed by atoms with E-state index in [-0.39, 0.29) is 6.61 Å². The molecule has 0 amide bonds. The van der Waals surface area contributed by atoms with Gasteiger partial charge in [-0.25, -0.2) is 14.8 Å². The molecule has 0 saturated carbocycles. The molecule has 0 bridgehead atoms. The third-order valence-corrected chi connectivity index (χ3v) is 4.17. The number of nitrogens with one attached hydrogen (secondary N) is 2. The van der Waals surface area contributed by atoms with Crippen LogP contribution in [0.4, 0.5) is 28.7 Å². The van der Waals surface area contributed by atoms with Gasteiger partial charge in [0.1, 0.15) is 17.8 Å². The van der Waals surface area contributed by atoms with E-state index in [4.69, 9.17) is 15.2 Å². The summed E-state index contributed by atoms with van der Waals surface area (Å²) in [5.74, 6) is 1.02. The second-order valence-electron chi connectivity index (χ2n) is 6.20. The zero-order valence-corrected chi connectivity index (χ0v) is 16.5. The molecule has 0 atom stereocenters. The average molecular weight is 393 g/mol. The maximum Gasteiger partial charge on any atom is 0.340 e. The number of ether oxygens (including phenoxy) is 2. The lowest BCUT2D eigenvalue weighted by molar-refractivity contribution is 0.0527. The Morgan fingerprint density at radius 2 is 1.76 bits per heavy atom. The maximum absolute atomic E-state index is 12.2. The van der Waals surface area contributed by atoms with E-state index >= 15 is 0 Å². The van der Waals surface area contributed by atoms with Crippen LogP contribution < -0.4 is 21.1 Å². The highest BCUT2D eigenvalue weighted by Crippen LogP contribution is 2.33. The fraction of sp³-hybridized carbons (Fsp3) is 0.190. The van der Waals surface area contributed by atoms with Gasteiger partial charge in [-0.1, -0.05) is 18.2 Å². The third kappa shape index (κ3) is 4.55. The summed E-state index contributed by atoms with van der Waals surface area (Å²) in [7, 11) is 1.60. The summed E-state index contributed by atoms with van der Waals surface area (Å²) in [6, 6.07) is 12.7. The number of esters is 1. The zero-order chi connectivity index (χ0) is 20.8. The smallest absolute Gasteiger partial charge is 0.340 e. The van der Waals surface area contributed by atoms with E-state index in [2.05, 4.69) is 20.6 Å². The number of carbonyl (C=O) groups is 1. The first-order valence-corrected chi connectivity index (χ1v) is 9.08. The Kier molecular flexibility index (Phi) is 6.13. The highest BCUT2D eigenvalue weighted by Gasteiger charge is 2.15. The highest BCUT2D eigenvalue weighted by molar-refractivity contribution is 5.97. The summed E-state index contributed by atoms with van der Waals surface area (Å²) in [4.78, 5) is 20.6. The van der Waals surface area contributed by atoms with E-state index in [1.165, 1.54) is 6.33 Å². The Morgan fingerprint density at radius 1 is 1.07 bits per heavy atom. The van der Waals surface area contributed by atoms with Crippen LogP contribution in [0.15, 0.2) is 48.8 Å². The van der Waals surface area contributed by atoms with Crippen molar-refractivity contribution in [1.29, 1.82) is 0 Å². The Morgan fingerprint density at radius 3 is 2.45 bits per heavy atom. The van der Waals surface area contributed by atoms with E-state index < -0.39 is 5.97 Å². The number of nitrogen functional groups attached to an aromatic ring is 1. The molecule has 0 aliphatic heterocycles. The first-order valence-electron chi connectivity index (χ1n) is 9.08. The third-order valence-electron chi connectivity index (χ3n) is 4.17. The van der Waals surface area contributed by atoms with E-state index in [1.54, 1.807) is 38.3 Å². The molecule has 0 saturated heterocycles. The number of para-hydroxylation sites is 1. The van der Waals surface area contributed by atoms with Gasteiger partial charge < -0.3 is 25.8 Å². The highest BCUT2D eigenvalue weighted by atomic mass is 16.5. The minimum absolute atomic E-state index is 0.287. The topological polar surface area (TPSA) is 111 Å². The molecule has 8 nitrogen and oxygen atoms in total. The van der Waals surface area contributed by atoms with Crippen molar-refractivity contribution in [2.45, 2.75) is 13.8 Å². The first kappa shape index (κ1) is 19.9. The van der Waals surface area contributed by atoms with Crippen LogP contribution in [-0.2, 0) is 4.74 Å². The summed E-state index contributed by atoms with van der Waals surface area (Å²) < 4.78 is 10.5. The van der Waals surface area contributed by atoms with Crippen molar-refractivity contribution < 1.29 is 14.3 Å². The molecule has 150 valence electrons. The molecule has 2 aromatic carbocycles. The standard InChI is InChI=1S/C21H23N5O3/c1-4-29-21(27)14-7-5-6-8-15(14)25-19-18(22)20(24-12-23-19)26-16-11-13(2)9-10-17(16)28-3/h5-12H,4,22H2,1-3H3,(H2,23,24,25,26). The molecular formula is C21H23N5O3. The molecule has 0 spiro atoms. The molecule has 0 aliphatic rings. The number of anilines is 5. The van der Waals surface area contributed by atoms with Gasteiger partial charge in [0.25, 0.3) is 0 Å². The monoisotopic (exact) mass is 393 g/mol. The summed E-state index contributed by atoms with van der Waals surface area (Å²) in [6.07, 6.45) is 1.39. The summed E-state index contributed by atoms with van der Waals surface area (Å²) in [5.41, 5.74) is 9.31. The van der Waals surface area contributed by atoms with E-state index in [1.807, 2.05) is 25.1 Å². The van der Waals surface area contributed by atoms with Crippen LogP contribution in [0.3, 0.4) is 0 Å². The van der Waals surface area contributed by atoms with Gasteiger partial charge in [0, 0.05) is 0 Å².